The molecule has 0 amide bonds. The number of halogens is 1. The highest BCUT2D eigenvalue weighted by atomic mass is 127. The summed E-state index contributed by atoms with van der Waals surface area (Å²) in [4.78, 5) is 4.67. The Hall–Kier alpha value is -0.630. The first-order valence-electron chi connectivity index (χ1n) is 7.80. The van der Waals surface area contributed by atoms with Crippen molar-refractivity contribution in [3.05, 3.63) is 29.8 Å². The molecule has 0 fully saturated rings. The monoisotopic (exact) mass is 451 g/mol. The van der Waals surface area contributed by atoms with E-state index in [9.17, 15) is 0 Å². The summed E-state index contributed by atoms with van der Waals surface area (Å²) in [6, 6.07) is 8.06. The number of aliphatic imine (C=N–C) groups is 1. The molecule has 0 aromatic heterocycles. The van der Waals surface area contributed by atoms with E-state index in [1.807, 2.05) is 36.9 Å². The van der Waals surface area contributed by atoms with Gasteiger partial charge in [0, 0.05) is 23.4 Å². The predicted octanol–water partition coefficient (Wildman–Crippen LogP) is 3.90. The lowest BCUT2D eigenvalue weighted by Gasteiger charge is -2.23. The van der Waals surface area contributed by atoms with Crippen LogP contribution in [0, 0.1) is 0 Å². The van der Waals surface area contributed by atoms with Gasteiger partial charge in [0.25, 0.3) is 0 Å². The van der Waals surface area contributed by atoms with Crippen LogP contribution in [-0.4, -0.2) is 36.7 Å². The number of rotatable bonds is 8. The minimum atomic E-state index is 0. The van der Waals surface area contributed by atoms with Crippen LogP contribution in [0.4, 0.5) is 0 Å². The van der Waals surface area contributed by atoms with Gasteiger partial charge in [-0.1, -0.05) is 18.2 Å². The maximum absolute atomic E-state index is 5.65. The number of benzene rings is 1. The number of thioether (sulfide) groups is 1. The fourth-order valence-corrected chi connectivity index (χ4v) is 2.02. The molecule has 0 heterocycles. The second kappa shape index (κ2) is 11.8. The Bertz CT molecular complexity index is 481. The molecule has 132 valence electrons. The van der Waals surface area contributed by atoms with Crippen LogP contribution in [0.25, 0.3) is 0 Å². The van der Waals surface area contributed by atoms with Crippen LogP contribution in [0.2, 0.25) is 0 Å². The Kier molecular flexibility index (Phi) is 11.5. The smallest absolute Gasteiger partial charge is 0.191 e. The number of ether oxygens (including phenoxy) is 1. The van der Waals surface area contributed by atoms with Crippen molar-refractivity contribution >= 4 is 41.7 Å². The molecule has 0 atom stereocenters. The molecular formula is C17H30IN3OS. The standard InChI is InChI=1S/C17H29N3OS.HI/c1-6-18-16(20-13-17(3,4)22-5)19-12-14-10-8-9-11-15(14)21-7-2;/h8-11H,6-7,12-13H2,1-5H3,(H2,18,19,20);1H. The summed E-state index contributed by atoms with van der Waals surface area (Å²) in [5.74, 6) is 1.75. The largest absolute Gasteiger partial charge is 0.494 e. The van der Waals surface area contributed by atoms with Gasteiger partial charge < -0.3 is 15.4 Å². The number of hydrogen-bond acceptors (Lipinski definition) is 3. The highest BCUT2D eigenvalue weighted by molar-refractivity contribution is 14.0. The van der Waals surface area contributed by atoms with Gasteiger partial charge in [-0.05, 0) is 40.0 Å². The first kappa shape index (κ1) is 22.4. The first-order valence-corrected chi connectivity index (χ1v) is 9.03. The van der Waals surface area contributed by atoms with Crippen molar-refractivity contribution in [1.82, 2.24) is 10.6 Å². The van der Waals surface area contributed by atoms with E-state index in [0.29, 0.717) is 13.2 Å². The Balaban J connectivity index is 0.00000484. The molecule has 0 saturated heterocycles. The van der Waals surface area contributed by atoms with E-state index >= 15 is 0 Å². The minimum absolute atomic E-state index is 0. The normalized spacial score (nSPS) is 11.6. The van der Waals surface area contributed by atoms with Crippen LogP contribution in [0.5, 0.6) is 5.75 Å². The molecule has 0 aliphatic heterocycles. The molecule has 23 heavy (non-hydrogen) atoms. The molecule has 0 spiro atoms. The first-order chi connectivity index (χ1) is 10.5. The summed E-state index contributed by atoms with van der Waals surface area (Å²) in [5, 5.41) is 6.70. The van der Waals surface area contributed by atoms with Gasteiger partial charge >= 0.3 is 0 Å². The number of hydrogen-bond donors (Lipinski definition) is 2. The SMILES string of the molecule is CCNC(=NCc1ccccc1OCC)NCC(C)(C)SC.I. The van der Waals surface area contributed by atoms with Crippen molar-refractivity contribution in [2.24, 2.45) is 4.99 Å². The molecular weight excluding hydrogens is 421 g/mol. The molecule has 6 heteroatoms. The maximum atomic E-state index is 5.65. The van der Waals surface area contributed by atoms with Gasteiger partial charge in [0.2, 0.25) is 0 Å². The van der Waals surface area contributed by atoms with E-state index in [2.05, 4.69) is 48.7 Å². The lowest BCUT2D eigenvalue weighted by molar-refractivity contribution is 0.336. The van der Waals surface area contributed by atoms with Crippen LogP contribution in [0.3, 0.4) is 0 Å². The molecule has 4 nitrogen and oxygen atoms in total. The summed E-state index contributed by atoms with van der Waals surface area (Å²) < 4.78 is 5.83. The fourth-order valence-electron chi connectivity index (χ4n) is 1.81. The second-order valence-electron chi connectivity index (χ2n) is 5.55. The van der Waals surface area contributed by atoms with Gasteiger partial charge in [-0.2, -0.15) is 11.8 Å². The fraction of sp³-hybridized carbons (Fsp3) is 0.588. The molecule has 1 aromatic rings. The Morgan fingerprint density at radius 2 is 1.91 bits per heavy atom. The number of nitrogens with zero attached hydrogens (tertiary/aromatic N) is 1. The van der Waals surface area contributed by atoms with E-state index < -0.39 is 0 Å². The number of nitrogens with one attached hydrogen (secondary N) is 2. The van der Waals surface area contributed by atoms with E-state index in [-0.39, 0.29) is 28.7 Å². The predicted molar refractivity (Wildman–Crippen MR) is 113 cm³/mol. The zero-order valence-corrected chi connectivity index (χ0v) is 18.0. The molecule has 0 saturated carbocycles. The van der Waals surface area contributed by atoms with E-state index in [1.165, 1.54) is 0 Å². The summed E-state index contributed by atoms with van der Waals surface area (Å²) in [7, 11) is 0. The van der Waals surface area contributed by atoms with Gasteiger partial charge in [0.1, 0.15) is 5.75 Å². The average molecular weight is 451 g/mol. The van der Waals surface area contributed by atoms with Gasteiger partial charge in [-0.15, -0.1) is 24.0 Å². The molecule has 2 N–H and O–H groups in total. The van der Waals surface area contributed by atoms with Crippen LogP contribution in [0.15, 0.2) is 29.3 Å². The van der Waals surface area contributed by atoms with Crippen molar-refractivity contribution in [1.29, 1.82) is 0 Å². The maximum Gasteiger partial charge on any atom is 0.191 e. The van der Waals surface area contributed by atoms with Crippen molar-refractivity contribution in [2.45, 2.75) is 39.0 Å². The van der Waals surface area contributed by atoms with Crippen molar-refractivity contribution in [3.63, 3.8) is 0 Å². The van der Waals surface area contributed by atoms with Crippen LogP contribution in [0.1, 0.15) is 33.3 Å². The Labute approximate surface area is 162 Å². The van der Waals surface area contributed by atoms with Gasteiger partial charge in [-0.3, -0.25) is 0 Å². The third-order valence-electron chi connectivity index (χ3n) is 3.26. The lowest BCUT2D eigenvalue weighted by Crippen LogP contribution is -2.43. The van der Waals surface area contributed by atoms with Crippen LogP contribution in [-0.2, 0) is 6.54 Å². The van der Waals surface area contributed by atoms with E-state index in [1.54, 1.807) is 0 Å². The van der Waals surface area contributed by atoms with Gasteiger partial charge in [-0.25, -0.2) is 4.99 Å². The van der Waals surface area contributed by atoms with Crippen molar-refractivity contribution in [3.8, 4) is 5.75 Å². The van der Waals surface area contributed by atoms with E-state index in [4.69, 9.17) is 4.74 Å². The number of para-hydroxylation sites is 1. The average Bonchev–Trinajstić information content (AvgIpc) is 2.52. The lowest BCUT2D eigenvalue weighted by atomic mass is 10.2. The van der Waals surface area contributed by atoms with Crippen LogP contribution < -0.4 is 15.4 Å². The molecule has 0 aliphatic carbocycles. The molecule has 0 bridgehead atoms. The zero-order valence-electron chi connectivity index (χ0n) is 14.8. The molecule has 0 unspecified atom stereocenters. The number of guanidine groups is 1. The highest BCUT2D eigenvalue weighted by Gasteiger charge is 2.16. The summed E-state index contributed by atoms with van der Waals surface area (Å²) in [5.41, 5.74) is 1.10. The second-order valence-corrected chi connectivity index (χ2v) is 7.07. The quantitative estimate of drug-likeness (QED) is 0.358. The zero-order chi connectivity index (χ0) is 16.4. The van der Waals surface area contributed by atoms with Gasteiger partial charge in [0.15, 0.2) is 5.96 Å². The van der Waals surface area contributed by atoms with E-state index in [0.717, 1.165) is 30.4 Å². The van der Waals surface area contributed by atoms with Crippen molar-refractivity contribution < 1.29 is 4.74 Å². The Morgan fingerprint density at radius 1 is 1.22 bits per heavy atom. The van der Waals surface area contributed by atoms with Crippen molar-refractivity contribution in [2.75, 3.05) is 26.0 Å². The third kappa shape index (κ3) is 8.69. The van der Waals surface area contributed by atoms with Crippen LogP contribution >= 0.6 is 35.7 Å². The molecule has 1 aromatic carbocycles. The minimum Gasteiger partial charge on any atom is -0.494 e. The third-order valence-corrected chi connectivity index (χ3v) is 4.51. The summed E-state index contributed by atoms with van der Waals surface area (Å²) in [6.45, 7) is 11.5. The summed E-state index contributed by atoms with van der Waals surface area (Å²) >= 11 is 1.85. The Morgan fingerprint density at radius 3 is 2.52 bits per heavy atom. The van der Waals surface area contributed by atoms with Gasteiger partial charge in [0.05, 0.1) is 13.2 Å². The molecule has 1 rings (SSSR count). The highest BCUT2D eigenvalue weighted by Crippen LogP contribution is 2.20. The molecule has 0 aliphatic rings. The topological polar surface area (TPSA) is 45.7 Å². The summed E-state index contributed by atoms with van der Waals surface area (Å²) in [6.07, 6.45) is 2.13. The molecule has 0 radical (unpaired) electrons.